The molecule has 0 unspecified atom stereocenters. The van der Waals surface area contributed by atoms with Gasteiger partial charge in [-0.05, 0) is 31.4 Å². The number of carbonyl (C=O) groups excluding carboxylic acids is 2. The summed E-state index contributed by atoms with van der Waals surface area (Å²) in [5.74, 6) is -1.77. The van der Waals surface area contributed by atoms with Gasteiger partial charge in [-0.1, -0.05) is 18.2 Å². The summed E-state index contributed by atoms with van der Waals surface area (Å²) in [6, 6.07) is 8.85. The van der Waals surface area contributed by atoms with E-state index in [2.05, 4.69) is 10.6 Å². The Hall–Kier alpha value is -2.37. The highest BCUT2D eigenvalue weighted by molar-refractivity contribution is 5.94. The lowest BCUT2D eigenvalue weighted by molar-refractivity contribution is -0.141. The second-order valence-electron chi connectivity index (χ2n) is 5.46. The molecule has 22 heavy (non-hydrogen) atoms. The van der Waals surface area contributed by atoms with Gasteiger partial charge in [0.05, 0.1) is 5.92 Å². The van der Waals surface area contributed by atoms with E-state index >= 15 is 0 Å². The van der Waals surface area contributed by atoms with Crippen LogP contribution in [0.4, 0.5) is 0 Å². The van der Waals surface area contributed by atoms with E-state index in [1.54, 1.807) is 24.3 Å². The van der Waals surface area contributed by atoms with Gasteiger partial charge < -0.3 is 15.7 Å². The molecule has 1 aliphatic rings. The molecule has 1 aliphatic carbocycles. The van der Waals surface area contributed by atoms with Crippen molar-refractivity contribution in [3.8, 4) is 0 Å². The van der Waals surface area contributed by atoms with Crippen LogP contribution in [-0.4, -0.2) is 36.0 Å². The van der Waals surface area contributed by atoms with E-state index in [9.17, 15) is 14.4 Å². The van der Waals surface area contributed by atoms with Crippen molar-refractivity contribution in [2.24, 2.45) is 11.8 Å². The molecular weight excluding hydrogens is 284 g/mol. The van der Waals surface area contributed by atoms with Gasteiger partial charge in [0, 0.05) is 24.6 Å². The largest absolute Gasteiger partial charge is 0.481 e. The number of amides is 2. The minimum Gasteiger partial charge on any atom is -0.481 e. The fourth-order valence-corrected chi connectivity index (χ4v) is 2.64. The van der Waals surface area contributed by atoms with Crippen molar-refractivity contribution < 1.29 is 19.5 Å². The first-order valence-corrected chi connectivity index (χ1v) is 7.41. The van der Waals surface area contributed by atoms with E-state index < -0.39 is 11.9 Å². The maximum absolute atomic E-state index is 11.9. The highest BCUT2D eigenvalue weighted by Crippen LogP contribution is 2.30. The van der Waals surface area contributed by atoms with Crippen LogP contribution in [0, 0.1) is 11.8 Å². The fourth-order valence-electron chi connectivity index (χ4n) is 2.64. The van der Waals surface area contributed by atoms with Crippen molar-refractivity contribution in [1.82, 2.24) is 10.6 Å². The van der Waals surface area contributed by atoms with Crippen LogP contribution in [0.15, 0.2) is 30.3 Å². The smallest absolute Gasteiger partial charge is 0.306 e. The number of nitrogens with one attached hydrogen (secondary N) is 2. The Morgan fingerprint density at radius 1 is 1.00 bits per heavy atom. The Morgan fingerprint density at radius 2 is 1.64 bits per heavy atom. The molecule has 0 saturated heterocycles. The molecule has 1 saturated carbocycles. The molecule has 0 heterocycles. The molecule has 0 aliphatic heterocycles. The first-order valence-electron chi connectivity index (χ1n) is 7.41. The fraction of sp³-hybridized carbons (Fsp3) is 0.438. The predicted octanol–water partition coefficient (Wildman–Crippen LogP) is 1.03. The van der Waals surface area contributed by atoms with E-state index in [-0.39, 0.29) is 17.7 Å². The van der Waals surface area contributed by atoms with Crippen LogP contribution < -0.4 is 10.6 Å². The third-order valence-corrected chi connectivity index (χ3v) is 3.90. The SMILES string of the molecule is O=C(NCCNC(=O)[C@H]1CC[C@@H](C(=O)O)C1)c1ccccc1. The quantitative estimate of drug-likeness (QED) is 0.684. The zero-order valence-corrected chi connectivity index (χ0v) is 12.2. The van der Waals surface area contributed by atoms with Gasteiger partial charge in [-0.3, -0.25) is 14.4 Å². The van der Waals surface area contributed by atoms with Crippen molar-refractivity contribution >= 4 is 17.8 Å². The standard InChI is InChI=1S/C16H20N2O4/c19-14(11-4-2-1-3-5-11)17-8-9-18-15(20)12-6-7-13(10-12)16(21)22/h1-5,12-13H,6-10H2,(H,17,19)(H,18,20)(H,21,22)/t12-,13+/m0/s1. The monoisotopic (exact) mass is 304 g/mol. The highest BCUT2D eigenvalue weighted by Gasteiger charge is 2.33. The van der Waals surface area contributed by atoms with Crippen LogP contribution >= 0.6 is 0 Å². The van der Waals surface area contributed by atoms with Gasteiger partial charge in [0.15, 0.2) is 0 Å². The zero-order chi connectivity index (χ0) is 15.9. The minimum absolute atomic E-state index is 0.127. The number of aliphatic carboxylic acids is 1. The predicted molar refractivity (Wildman–Crippen MR) is 80.3 cm³/mol. The molecule has 118 valence electrons. The topological polar surface area (TPSA) is 95.5 Å². The van der Waals surface area contributed by atoms with Gasteiger partial charge in [0.2, 0.25) is 5.91 Å². The van der Waals surface area contributed by atoms with Gasteiger partial charge in [0.25, 0.3) is 5.91 Å². The first-order chi connectivity index (χ1) is 10.6. The summed E-state index contributed by atoms with van der Waals surface area (Å²) in [5.41, 5.74) is 0.578. The normalized spacial score (nSPS) is 20.4. The molecule has 0 spiro atoms. The van der Waals surface area contributed by atoms with Crippen LogP contribution in [0.2, 0.25) is 0 Å². The van der Waals surface area contributed by atoms with Crippen LogP contribution in [0.25, 0.3) is 0 Å². The molecule has 3 N–H and O–H groups in total. The molecule has 2 amide bonds. The molecule has 0 aromatic heterocycles. The van der Waals surface area contributed by atoms with E-state index in [4.69, 9.17) is 5.11 Å². The Balaban J connectivity index is 1.66. The second-order valence-corrected chi connectivity index (χ2v) is 5.46. The molecule has 2 rings (SSSR count). The zero-order valence-electron chi connectivity index (χ0n) is 12.2. The van der Waals surface area contributed by atoms with E-state index in [1.165, 1.54) is 0 Å². The second kappa shape index (κ2) is 7.59. The number of carboxylic acid groups (broad SMARTS) is 1. The molecule has 1 aromatic carbocycles. The number of carbonyl (C=O) groups is 3. The third-order valence-electron chi connectivity index (χ3n) is 3.90. The average Bonchev–Trinajstić information content (AvgIpc) is 3.02. The summed E-state index contributed by atoms with van der Waals surface area (Å²) in [6.07, 6.45) is 1.56. The molecular formula is C16H20N2O4. The van der Waals surface area contributed by atoms with E-state index in [1.807, 2.05) is 6.07 Å². The number of rotatable bonds is 6. The highest BCUT2D eigenvalue weighted by atomic mass is 16.4. The minimum atomic E-state index is -0.828. The average molecular weight is 304 g/mol. The Kier molecular flexibility index (Phi) is 5.52. The molecule has 1 aromatic rings. The van der Waals surface area contributed by atoms with E-state index in [0.29, 0.717) is 37.9 Å². The van der Waals surface area contributed by atoms with Gasteiger partial charge in [-0.15, -0.1) is 0 Å². The van der Waals surface area contributed by atoms with Gasteiger partial charge in [-0.25, -0.2) is 0 Å². The maximum Gasteiger partial charge on any atom is 0.306 e. The van der Waals surface area contributed by atoms with Gasteiger partial charge in [0.1, 0.15) is 0 Å². The van der Waals surface area contributed by atoms with Crippen LogP contribution in [0.5, 0.6) is 0 Å². The summed E-state index contributed by atoms with van der Waals surface area (Å²) in [5, 5.41) is 14.4. The summed E-state index contributed by atoms with van der Waals surface area (Å²) in [4.78, 5) is 34.5. The molecule has 0 bridgehead atoms. The summed E-state index contributed by atoms with van der Waals surface area (Å²) in [7, 11) is 0. The number of carboxylic acids is 1. The van der Waals surface area contributed by atoms with Crippen molar-refractivity contribution in [3.63, 3.8) is 0 Å². The first kappa shape index (κ1) is 16.0. The summed E-state index contributed by atoms with van der Waals surface area (Å²) in [6.45, 7) is 0.681. The Bertz CT molecular complexity index is 544. The van der Waals surface area contributed by atoms with E-state index in [0.717, 1.165) is 0 Å². The molecule has 1 fully saturated rings. The van der Waals surface area contributed by atoms with Crippen molar-refractivity contribution in [2.45, 2.75) is 19.3 Å². The van der Waals surface area contributed by atoms with Gasteiger partial charge in [-0.2, -0.15) is 0 Å². The third kappa shape index (κ3) is 4.31. The van der Waals surface area contributed by atoms with Crippen molar-refractivity contribution in [3.05, 3.63) is 35.9 Å². The Labute approximate surface area is 128 Å². The lowest BCUT2D eigenvalue weighted by Gasteiger charge is -2.11. The number of hydrogen-bond donors (Lipinski definition) is 3. The van der Waals surface area contributed by atoms with Crippen molar-refractivity contribution in [1.29, 1.82) is 0 Å². The molecule has 6 nitrogen and oxygen atoms in total. The molecule has 6 heteroatoms. The van der Waals surface area contributed by atoms with Crippen LogP contribution in [0.1, 0.15) is 29.6 Å². The lowest BCUT2D eigenvalue weighted by Crippen LogP contribution is -2.37. The number of benzene rings is 1. The van der Waals surface area contributed by atoms with Gasteiger partial charge >= 0.3 is 5.97 Å². The van der Waals surface area contributed by atoms with Crippen LogP contribution in [-0.2, 0) is 9.59 Å². The number of hydrogen-bond acceptors (Lipinski definition) is 3. The van der Waals surface area contributed by atoms with Crippen LogP contribution in [0.3, 0.4) is 0 Å². The molecule has 0 radical (unpaired) electrons. The Morgan fingerprint density at radius 3 is 2.27 bits per heavy atom. The van der Waals surface area contributed by atoms with Crippen molar-refractivity contribution in [2.75, 3.05) is 13.1 Å². The summed E-state index contributed by atoms with van der Waals surface area (Å²) < 4.78 is 0. The summed E-state index contributed by atoms with van der Waals surface area (Å²) >= 11 is 0. The maximum atomic E-state index is 11.9. The molecule has 2 atom stereocenters. The lowest BCUT2D eigenvalue weighted by atomic mass is 10.0.